The third-order valence-electron chi connectivity index (χ3n) is 4.37. The number of carbonyl (C=O) groups excluding carboxylic acids is 1. The molecule has 3 aromatic rings. The summed E-state index contributed by atoms with van der Waals surface area (Å²) in [6.45, 7) is 7.52. The van der Waals surface area contributed by atoms with E-state index < -0.39 is 12.6 Å². The molecule has 0 bridgehead atoms. The highest BCUT2D eigenvalue weighted by molar-refractivity contribution is 6.10. The summed E-state index contributed by atoms with van der Waals surface area (Å²) in [5, 5.41) is 17.6. The second-order valence-corrected chi connectivity index (χ2v) is 7.52. The Balaban J connectivity index is 1.93. The molecule has 0 unspecified atom stereocenters. The molecule has 7 nitrogen and oxygen atoms in total. The Bertz CT molecular complexity index is 1050. The van der Waals surface area contributed by atoms with Gasteiger partial charge in [0.15, 0.2) is 6.61 Å². The number of aromatic nitrogens is 2. The number of rotatable bonds is 5. The topological polar surface area (TPSA) is 93.4 Å². The van der Waals surface area contributed by atoms with E-state index >= 15 is 0 Å². The molecular weight excluding hydrogens is 358 g/mol. The maximum absolute atomic E-state index is 12.8. The number of carboxylic acid groups (broad SMARTS) is 1. The number of nitrogens with zero attached hydrogens (tertiary/aromatic N) is 2. The van der Waals surface area contributed by atoms with Crippen LogP contribution < -0.4 is 10.1 Å². The first-order chi connectivity index (χ1) is 13.2. The van der Waals surface area contributed by atoms with Gasteiger partial charge in [0.2, 0.25) is 0 Å². The lowest BCUT2D eigenvalue weighted by molar-refractivity contribution is -0.139. The van der Waals surface area contributed by atoms with Crippen molar-refractivity contribution in [1.82, 2.24) is 9.78 Å². The Labute approximate surface area is 162 Å². The van der Waals surface area contributed by atoms with Crippen LogP contribution in [0.3, 0.4) is 0 Å². The van der Waals surface area contributed by atoms with Crippen LogP contribution in [0.25, 0.3) is 10.8 Å². The van der Waals surface area contributed by atoms with Gasteiger partial charge < -0.3 is 15.2 Å². The largest absolute Gasteiger partial charge is 0.481 e. The minimum atomic E-state index is -1.05. The van der Waals surface area contributed by atoms with Crippen LogP contribution in [-0.4, -0.2) is 33.4 Å². The number of hydrogen-bond acceptors (Lipinski definition) is 4. The van der Waals surface area contributed by atoms with Crippen molar-refractivity contribution < 1.29 is 19.4 Å². The molecule has 2 aromatic carbocycles. The minimum Gasteiger partial charge on any atom is -0.481 e. The maximum Gasteiger partial charge on any atom is 0.341 e. The second kappa shape index (κ2) is 7.34. The van der Waals surface area contributed by atoms with Crippen molar-refractivity contribution in [2.75, 3.05) is 11.9 Å². The van der Waals surface area contributed by atoms with Gasteiger partial charge in [-0.3, -0.25) is 9.48 Å². The zero-order chi connectivity index (χ0) is 20.5. The molecular formula is C21H23N3O4. The predicted octanol–water partition coefficient (Wildman–Crippen LogP) is 3.82. The summed E-state index contributed by atoms with van der Waals surface area (Å²) in [5.41, 5.74) is 1.69. The fourth-order valence-electron chi connectivity index (χ4n) is 3.14. The Morgan fingerprint density at radius 2 is 1.82 bits per heavy atom. The smallest absolute Gasteiger partial charge is 0.341 e. The van der Waals surface area contributed by atoms with Crippen LogP contribution in [0.1, 0.15) is 36.8 Å². The summed E-state index contributed by atoms with van der Waals surface area (Å²) in [6, 6.07) is 10.7. The summed E-state index contributed by atoms with van der Waals surface area (Å²) in [7, 11) is 0. The van der Waals surface area contributed by atoms with Crippen LogP contribution in [0, 0.1) is 6.92 Å². The molecule has 1 aromatic heterocycles. The van der Waals surface area contributed by atoms with E-state index in [1.54, 1.807) is 18.3 Å². The van der Waals surface area contributed by atoms with E-state index in [1.165, 1.54) is 0 Å². The number of fused-ring (bicyclic) bond motifs is 1. The molecule has 3 rings (SSSR count). The van der Waals surface area contributed by atoms with E-state index in [9.17, 15) is 9.59 Å². The Morgan fingerprint density at radius 1 is 1.14 bits per heavy atom. The van der Waals surface area contributed by atoms with Gasteiger partial charge in [0.1, 0.15) is 5.75 Å². The molecule has 2 N–H and O–H groups in total. The van der Waals surface area contributed by atoms with E-state index in [4.69, 9.17) is 9.84 Å². The van der Waals surface area contributed by atoms with Crippen molar-refractivity contribution in [3.63, 3.8) is 0 Å². The highest BCUT2D eigenvalue weighted by Gasteiger charge is 2.22. The number of benzene rings is 2. The Morgan fingerprint density at radius 3 is 2.43 bits per heavy atom. The average Bonchev–Trinajstić information content (AvgIpc) is 3.03. The molecule has 0 saturated heterocycles. The average molecular weight is 381 g/mol. The molecule has 7 heteroatoms. The van der Waals surface area contributed by atoms with Crippen molar-refractivity contribution >= 4 is 28.3 Å². The molecule has 146 valence electrons. The highest BCUT2D eigenvalue weighted by Crippen LogP contribution is 2.32. The SMILES string of the molecule is Cc1c(C(=O)Nc2ccc(OCC(=O)O)c3ccccc23)cnn1C(C)(C)C. The van der Waals surface area contributed by atoms with E-state index in [2.05, 4.69) is 10.4 Å². The number of amides is 1. The van der Waals surface area contributed by atoms with Gasteiger partial charge in [-0.15, -0.1) is 0 Å². The number of hydrogen-bond donors (Lipinski definition) is 2. The molecule has 0 aliphatic rings. The number of nitrogens with one attached hydrogen (secondary N) is 1. The van der Waals surface area contributed by atoms with E-state index in [1.807, 2.05) is 56.6 Å². The lowest BCUT2D eigenvalue weighted by atomic mass is 10.1. The van der Waals surface area contributed by atoms with E-state index in [0.29, 0.717) is 17.0 Å². The highest BCUT2D eigenvalue weighted by atomic mass is 16.5. The molecule has 0 atom stereocenters. The molecule has 0 aliphatic carbocycles. The van der Waals surface area contributed by atoms with Crippen LogP contribution in [0.15, 0.2) is 42.6 Å². The van der Waals surface area contributed by atoms with Gasteiger partial charge in [-0.2, -0.15) is 5.10 Å². The molecule has 1 heterocycles. The van der Waals surface area contributed by atoms with Gasteiger partial charge in [0.25, 0.3) is 5.91 Å². The van der Waals surface area contributed by atoms with Gasteiger partial charge in [-0.1, -0.05) is 24.3 Å². The summed E-state index contributed by atoms with van der Waals surface area (Å²) in [5.74, 6) is -0.849. The van der Waals surface area contributed by atoms with Crippen LogP contribution in [0.2, 0.25) is 0 Å². The zero-order valence-electron chi connectivity index (χ0n) is 16.3. The molecule has 0 saturated carbocycles. The summed E-state index contributed by atoms with van der Waals surface area (Å²) >= 11 is 0. The predicted molar refractivity (Wildman–Crippen MR) is 107 cm³/mol. The maximum atomic E-state index is 12.8. The Kier molecular flexibility index (Phi) is 5.09. The van der Waals surface area contributed by atoms with Gasteiger partial charge in [-0.25, -0.2) is 4.79 Å². The fourth-order valence-corrected chi connectivity index (χ4v) is 3.14. The Hall–Kier alpha value is -3.35. The van der Waals surface area contributed by atoms with E-state index in [0.717, 1.165) is 16.5 Å². The summed E-state index contributed by atoms with van der Waals surface area (Å²) in [6.07, 6.45) is 1.57. The molecule has 28 heavy (non-hydrogen) atoms. The van der Waals surface area contributed by atoms with Crippen LogP contribution >= 0.6 is 0 Å². The van der Waals surface area contributed by atoms with Crippen molar-refractivity contribution in [3.8, 4) is 5.75 Å². The number of ether oxygens (including phenoxy) is 1. The summed E-state index contributed by atoms with van der Waals surface area (Å²) in [4.78, 5) is 23.6. The van der Waals surface area contributed by atoms with Crippen molar-refractivity contribution in [1.29, 1.82) is 0 Å². The first-order valence-corrected chi connectivity index (χ1v) is 8.91. The van der Waals surface area contributed by atoms with Crippen molar-refractivity contribution in [2.24, 2.45) is 0 Å². The van der Waals surface area contributed by atoms with Crippen LogP contribution in [0.4, 0.5) is 5.69 Å². The van der Waals surface area contributed by atoms with Crippen molar-refractivity contribution in [3.05, 3.63) is 53.9 Å². The van der Waals surface area contributed by atoms with Crippen LogP contribution in [0.5, 0.6) is 5.75 Å². The number of carbonyl (C=O) groups is 2. The van der Waals surface area contributed by atoms with Gasteiger partial charge in [0.05, 0.1) is 17.3 Å². The normalized spacial score (nSPS) is 11.4. The van der Waals surface area contributed by atoms with E-state index in [-0.39, 0.29) is 11.4 Å². The first kappa shape index (κ1) is 19.4. The van der Waals surface area contributed by atoms with Crippen molar-refractivity contribution in [2.45, 2.75) is 33.2 Å². The molecule has 0 spiro atoms. The minimum absolute atomic E-state index is 0.224. The number of aliphatic carboxylic acids is 1. The quantitative estimate of drug-likeness (QED) is 0.701. The first-order valence-electron chi connectivity index (χ1n) is 8.91. The van der Waals surface area contributed by atoms with Crippen LogP contribution in [-0.2, 0) is 10.3 Å². The lowest BCUT2D eigenvalue weighted by Gasteiger charge is -2.21. The standard InChI is InChI=1S/C21H23N3O4/c1-13-16(11-22-24(13)21(2,3)4)20(27)23-17-9-10-18(28-12-19(25)26)15-8-6-5-7-14(15)17/h5-11H,12H2,1-4H3,(H,23,27)(H,25,26). The molecule has 0 fully saturated rings. The molecule has 1 amide bonds. The lowest BCUT2D eigenvalue weighted by Crippen LogP contribution is -2.25. The van der Waals surface area contributed by atoms with Gasteiger partial charge in [0, 0.05) is 22.2 Å². The monoisotopic (exact) mass is 381 g/mol. The second-order valence-electron chi connectivity index (χ2n) is 7.52. The number of anilines is 1. The zero-order valence-corrected chi connectivity index (χ0v) is 16.3. The molecule has 0 aliphatic heterocycles. The van der Waals surface area contributed by atoms with Gasteiger partial charge >= 0.3 is 5.97 Å². The third kappa shape index (κ3) is 3.83. The van der Waals surface area contributed by atoms with Gasteiger partial charge in [-0.05, 0) is 39.8 Å². The summed E-state index contributed by atoms with van der Waals surface area (Å²) < 4.78 is 7.18. The third-order valence-corrected chi connectivity index (χ3v) is 4.37. The fraction of sp³-hybridized carbons (Fsp3) is 0.286. The molecule has 0 radical (unpaired) electrons. The number of carboxylic acids is 1.